The summed E-state index contributed by atoms with van der Waals surface area (Å²) in [4.78, 5) is 27.8. The molecule has 336 valence electrons. The van der Waals surface area contributed by atoms with E-state index >= 15 is 0 Å². The summed E-state index contributed by atoms with van der Waals surface area (Å²) in [5.74, 6) is -0.234. The van der Waals surface area contributed by atoms with Crippen molar-refractivity contribution in [3.63, 3.8) is 0 Å². The zero-order valence-electron chi connectivity index (χ0n) is 35.8. The van der Waals surface area contributed by atoms with E-state index in [1.165, 1.54) is 46.9 Å². The van der Waals surface area contributed by atoms with E-state index in [0.29, 0.717) is 53.0 Å². The van der Waals surface area contributed by atoms with Gasteiger partial charge in [-0.1, -0.05) is 65.7 Å². The number of amides is 2. The highest BCUT2D eigenvalue weighted by molar-refractivity contribution is 7.93. The fraction of sp³-hybridized carbons (Fsp3) is 0.184. The van der Waals surface area contributed by atoms with E-state index in [1.54, 1.807) is 107 Å². The minimum absolute atomic E-state index is 0.00771. The normalized spacial score (nSPS) is 12.8. The van der Waals surface area contributed by atoms with Crippen molar-refractivity contribution in [1.82, 2.24) is 0 Å². The van der Waals surface area contributed by atoms with Gasteiger partial charge in [0.15, 0.2) is 0 Å². The summed E-state index contributed by atoms with van der Waals surface area (Å²) in [6.45, 7) is 2.67. The van der Waals surface area contributed by atoms with Crippen LogP contribution in [0.2, 0.25) is 10.0 Å². The van der Waals surface area contributed by atoms with E-state index < -0.39 is 20.0 Å². The molecule has 8 rings (SSSR count). The summed E-state index contributed by atoms with van der Waals surface area (Å²) in [5.41, 5.74) is 6.26. The van der Waals surface area contributed by atoms with Crippen LogP contribution in [0.4, 0.5) is 22.7 Å². The molecule has 0 atom stereocenters. The van der Waals surface area contributed by atoms with Crippen molar-refractivity contribution in [2.75, 3.05) is 45.2 Å². The number of rotatable bonds is 12. The number of carbonyl (C=O) groups is 2. The predicted molar refractivity (Wildman–Crippen MR) is 255 cm³/mol. The number of carbonyl (C=O) groups excluding carboxylic acids is 2. The molecule has 0 bridgehead atoms. The van der Waals surface area contributed by atoms with Crippen LogP contribution >= 0.6 is 23.2 Å². The average Bonchev–Trinajstić information content (AvgIpc) is 3.96. The third-order valence-corrected chi connectivity index (χ3v) is 15.1. The number of benzene rings is 6. The van der Waals surface area contributed by atoms with E-state index in [0.717, 1.165) is 27.9 Å². The van der Waals surface area contributed by atoms with Crippen molar-refractivity contribution in [2.24, 2.45) is 0 Å². The molecule has 17 heteroatoms. The van der Waals surface area contributed by atoms with Crippen molar-refractivity contribution < 1.29 is 31.2 Å². The van der Waals surface area contributed by atoms with Gasteiger partial charge in [0.25, 0.3) is 26.0 Å². The van der Waals surface area contributed by atoms with E-state index in [-0.39, 0.29) is 52.4 Å². The van der Waals surface area contributed by atoms with Gasteiger partial charge in [-0.05, 0) is 126 Å². The smallest absolute Gasteiger partial charge is 0.264 e. The number of fused-ring (bicyclic) bond motifs is 2. The summed E-state index contributed by atoms with van der Waals surface area (Å²) < 4.78 is 62.5. The molecule has 0 unspecified atom stereocenters. The number of hydrogen-bond donors (Lipinski definition) is 0. The minimum Gasteiger partial charge on any atom is -0.375 e. The summed E-state index contributed by atoms with van der Waals surface area (Å²) in [7, 11) is -6.55. The van der Waals surface area contributed by atoms with Crippen LogP contribution < -0.4 is 18.4 Å². The zero-order chi connectivity index (χ0) is 47.2. The van der Waals surface area contributed by atoms with Gasteiger partial charge in [-0.15, -0.1) is 0 Å². The Hall–Kier alpha value is -6.72. The largest absolute Gasteiger partial charge is 0.375 e. The van der Waals surface area contributed by atoms with Crippen LogP contribution in [0.25, 0.3) is 0 Å². The van der Waals surface area contributed by atoms with E-state index in [4.69, 9.17) is 27.9 Å². The van der Waals surface area contributed by atoms with Gasteiger partial charge in [-0.25, -0.2) is 16.8 Å². The first kappa shape index (κ1) is 47.2. The zero-order valence-corrected chi connectivity index (χ0v) is 38.9. The molecule has 0 saturated heterocycles. The quantitative estimate of drug-likeness (QED) is 0.116. The highest BCUT2D eigenvalue weighted by Crippen LogP contribution is 2.37. The second-order valence-electron chi connectivity index (χ2n) is 15.3. The second-order valence-corrected chi connectivity index (χ2v) is 19.9. The number of ether oxygens (including phenoxy) is 1. The molecule has 66 heavy (non-hydrogen) atoms. The monoisotopic (exact) mass is 960 g/mol. The van der Waals surface area contributed by atoms with Crippen molar-refractivity contribution in [3.05, 3.63) is 177 Å². The van der Waals surface area contributed by atoms with Gasteiger partial charge >= 0.3 is 0 Å². The Bertz CT molecular complexity index is 3120. The Morgan fingerprint density at radius 1 is 0.621 bits per heavy atom. The molecule has 0 spiro atoms. The molecule has 0 radical (unpaired) electrons. The Kier molecular flexibility index (Phi) is 14.5. The SMILES string of the molecule is CC(=O)N1CCc2cc(N(Cc3ccc(Cl)cc3)S(=O)(=O)c3cccc(C#N)c3)ccc21.COCC(=O)N1CCc2ccc(N(Cc3ccc(Cl)cc3)S(=O)(=O)c3cccc(C#N)c3)cc21. The standard InChI is InChI=1S/C25H22ClN3O4S.C24H20ClN3O3S/c1-33-17-25(30)28-12-11-20-7-10-22(14-24(20)28)29(16-18-5-8-21(26)9-6-18)34(31,32)23-4-2-3-19(13-23)15-27;1-17(29)27-12-11-20-14-22(9-10-24(20)27)28(16-18-5-7-21(25)8-6-18)32(30,31)23-4-2-3-19(13-23)15-26/h2-10,13-14H,11-12,16-17H2,1H3;2-10,13-14H,11-12,16H2,1H3. The fourth-order valence-corrected chi connectivity index (χ4v) is 10.9. The van der Waals surface area contributed by atoms with Crippen molar-refractivity contribution in [2.45, 2.75) is 42.6 Å². The lowest BCUT2D eigenvalue weighted by molar-refractivity contribution is -0.122. The van der Waals surface area contributed by atoms with Gasteiger partial charge in [0.05, 0.1) is 57.5 Å². The van der Waals surface area contributed by atoms with Gasteiger partial charge in [0.2, 0.25) is 5.91 Å². The highest BCUT2D eigenvalue weighted by Gasteiger charge is 2.31. The summed E-state index contributed by atoms with van der Waals surface area (Å²) in [6, 6.07) is 40.4. The predicted octanol–water partition coefficient (Wildman–Crippen LogP) is 8.66. The first-order chi connectivity index (χ1) is 31.6. The summed E-state index contributed by atoms with van der Waals surface area (Å²) in [5, 5.41) is 19.6. The van der Waals surface area contributed by atoms with Gasteiger partial charge in [0, 0.05) is 48.5 Å². The number of nitrogens with zero attached hydrogens (tertiary/aromatic N) is 6. The lowest BCUT2D eigenvalue weighted by atomic mass is 10.1. The summed E-state index contributed by atoms with van der Waals surface area (Å²) >= 11 is 12.0. The second kappa shape index (κ2) is 20.2. The third-order valence-electron chi connectivity index (χ3n) is 11.0. The maximum absolute atomic E-state index is 13.8. The molecular weight excluding hydrogens is 920 g/mol. The van der Waals surface area contributed by atoms with Crippen molar-refractivity contribution in [1.29, 1.82) is 10.5 Å². The molecular formula is C49H42Cl2N6O7S2. The van der Waals surface area contributed by atoms with Gasteiger partial charge in [-0.2, -0.15) is 10.5 Å². The number of hydrogen-bond acceptors (Lipinski definition) is 9. The molecule has 0 aromatic heterocycles. The maximum Gasteiger partial charge on any atom is 0.264 e. The number of methoxy groups -OCH3 is 1. The van der Waals surface area contributed by atoms with Gasteiger partial charge < -0.3 is 14.5 Å². The first-order valence-electron chi connectivity index (χ1n) is 20.5. The van der Waals surface area contributed by atoms with Crippen LogP contribution in [0.3, 0.4) is 0 Å². The molecule has 2 aliphatic rings. The van der Waals surface area contributed by atoms with E-state index in [1.807, 2.05) is 24.3 Å². The number of anilines is 4. The lowest BCUT2D eigenvalue weighted by Crippen LogP contribution is -2.33. The molecule has 13 nitrogen and oxygen atoms in total. The maximum atomic E-state index is 13.8. The molecule has 6 aromatic rings. The topological polar surface area (TPSA) is 172 Å². The molecule has 0 saturated carbocycles. The molecule has 6 aromatic carbocycles. The van der Waals surface area contributed by atoms with Crippen molar-refractivity contribution in [3.8, 4) is 12.1 Å². The number of sulfonamides is 2. The molecule has 2 aliphatic heterocycles. The Labute approximate surface area is 394 Å². The number of nitriles is 2. The lowest BCUT2D eigenvalue weighted by Gasteiger charge is -2.26. The van der Waals surface area contributed by atoms with Gasteiger partial charge in [0.1, 0.15) is 6.61 Å². The fourth-order valence-electron chi connectivity index (χ4n) is 7.70. The average molecular weight is 962 g/mol. The van der Waals surface area contributed by atoms with E-state index in [9.17, 15) is 36.9 Å². The molecule has 0 fully saturated rings. The molecule has 2 heterocycles. The minimum atomic E-state index is -4.04. The van der Waals surface area contributed by atoms with Crippen LogP contribution in [0.1, 0.15) is 40.3 Å². The van der Waals surface area contributed by atoms with Gasteiger partial charge in [-0.3, -0.25) is 18.2 Å². The van der Waals surface area contributed by atoms with E-state index in [2.05, 4.69) is 0 Å². The van der Waals surface area contributed by atoms with Crippen LogP contribution in [-0.4, -0.2) is 55.5 Å². The number of halogens is 2. The third kappa shape index (κ3) is 10.4. The van der Waals surface area contributed by atoms with Crippen LogP contribution in [0.5, 0.6) is 0 Å². The molecule has 0 aliphatic carbocycles. The van der Waals surface area contributed by atoms with Crippen LogP contribution in [0.15, 0.2) is 143 Å². The van der Waals surface area contributed by atoms with Crippen molar-refractivity contribution >= 4 is 77.8 Å². The Morgan fingerprint density at radius 3 is 1.61 bits per heavy atom. The van der Waals surface area contributed by atoms with Crippen LogP contribution in [-0.2, 0) is 60.3 Å². The Morgan fingerprint density at radius 2 is 1.11 bits per heavy atom. The highest BCUT2D eigenvalue weighted by atomic mass is 35.5. The summed E-state index contributed by atoms with van der Waals surface area (Å²) in [6.07, 6.45) is 1.33. The Balaban J connectivity index is 0.000000197. The molecule has 2 amide bonds. The first-order valence-corrected chi connectivity index (χ1v) is 24.1. The van der Waals surface area contributed by atoms with Crippen LogP contribution in [0, 0.1) is 22.7 Å². The molecule has 0 N–H and O–H groups in total.